The summed E-state index contributed by atoms with van der Waals surface area (Å²) >= 11 is 12.0. The zero-order valence-electron chi connectivity index (χ0n) is 9.83. The number of halogens is 3. The van der Waals surface area contributed by atoms with Crippen molar-refractivity contribution < 1.29 is 4.39 Å². The summed E-state index contributed by atoms with van der Waals surface area (Å²) in [5.41, 5.74) is 1.80. The first-order chi connectivity index (χ1) is 9.15. The van der Waals surface area contributed by atoms with E-state index in [-0.39, 0.29) is 5.82 Å². The Bertz CT molecular complexity index is 746. The molecule has 19 heavy (non-hydrogen) atoms. The molecule has 0 heterocycles. The van der Waals surface area contributed by atoms with Crippen LogP contribution in [0.3, 0.4) is 0 Å². The van der Waals surface area contributed by atoms with E-state index in [4.69, 9.17) is 23.2 Å². The average Bonchev–Trinajstić information content (AvgIpc) is 2.37. The summed E-state index contributed by atoms with van der Waals surface area (Å²) in [6.45, 7) is 0. The minimum absolute atomic E-state index is 0.229. The summed E-state index contributed by atoms with van der Waals surface area (Å²) in [4.78, 5) is 0. The third-order valence-electron chi connectivity index (χ3n) is 3.04. The Balaban J connectivity index is 2.33. The lowest BCUT2D eigenvalue weighted by Crippen LogP contribution is -1.84. The van der Waals surface area contributed by atoms with Crippen LogP contribution in [0.25, 0.3) is 21.9 Å². The van der Waals surface area contributed by atoms with Gasteiger partial charge in [-0.15, -0.1) is 0 Å². The fraction of sp³-hybridized carbons (Fsp3) is 0. The normalized spacial score (nSPS) is 10.9. The molecule has 0 N–H and O–H groups in total. The molecular weight excluding hydrogens is 282 g/mol. The Morgan fingerprint density at radius 1 is 0.737 bits per heavy atom. The molecule has 0 nitrogen and oxygen atoms in total. The fourth-order valence-corrected chi connectivity index (χ4v) is 2.76. The van der Waals surface area contributed by atoms with E-state index in [0.717, 1.165) is 16.5 Å². The molecule has 0 fully saturated rings. The molecule has 0 spiro atoms. The molecule has 3 aromatic rings. The van der Waals surface area contributed by atoms with E-state index in [2.05, 4.69) is 0 Å². The summed E-state index contributed by atoms with van der Waals surface area (Å²) in [5, 5.41) is 2.57. The maximum atomic E-state index is 13.8. The standard InChI is InChI=1S/C16H9Cl2F/c17-11-7-10(8-12(18)9-11)13-3-1-5-15-14(13)4-2-6-16(15)19/h1-9H. The summed E-state index contributed by atoms with van der Waals surface area (Å²) in [5.74, 6) is -0.229. The maximum Gasteiger partial charge on any atom is 0.131 e. The highest BCUT2D eigenvalue weighted by Crippen LogP contribution is 2.33. The first kappa shape index (κ1) is 12.5. The molecule has 0 bridgehead atoms. The average molecular weight is 291 g/mol. The molecule has 0 saturated carbocycles. The van der Waals surface area contributed by atoms with E-state index >= 15 is 0 Å². The predicted octanol–water partition coefficient (Wildman–Crippen LogP) is 5.95. The van der Waals surface area contributed by atoms with Crippen molar-refractivity contribution in [3.63, 3.8) is 0 Å². The van der Waals surface area contributed by atoms with Gasteiger partial charge in [-0.05, 0) is 40.8 Å². The zero-order chi connectivity index (χ0) is 13.4. The quantitative estimate of drug-likeness (QED) is 0.519. The van der Waals surface area contributed by atoms with Crippen LogP contribution in [0, 0.1) is 5.82 Å². The number of rotatable bonds is 1. The third kappa shape index (κ3) is 2.32. The van der Waals surface area contributed by atoms with Crippen molar-refractivity contribution >= 4 is 34.0 Å². The highest BCUT2D eigenvalue weighted by atomic mass is 35.5. The Hall–Kier alpha value is -1.57. The Labute approximate surface area is 120 Å². The van der Waals surface area contributed by atoms with E-state index in [1.165, 1.54) is 6.07 Å². The fourth-order valence-electron chi connectivity index (χ4n) is 2.23. The van der Waals surface area contributed by atoms with E-state index in [9.17, 15) is 4.39 Å². The van der Waals surface area contributed by atoms with E-state index in [0.29, 0.717) is 15.4 Å². The number of fused-ring (bicyclic) bond motifs is 1. The SMILES string of the molecule is Fc1cccc2c(-c3cc(Cl)cc(Cl)c3)cccc12. The molecule has 0 aliphatic rings. The van der Waals surface area contributed by atoms with Crippen molar-refractivity contribution in [2.75, 3.05) is 0 Å². The highest BCUT2D eigenvalue weighted by Gasteiger charge is 2.07. The molecule has 0 unspecified atom stereocenters. The van der Waals surface area contributed by atoms with Crippen LogP contribution >= 0.6 is 23.2 Å². The van der Waals surface area contributed by atoms with Gasteiger partial charge >= 0.3 is 0 Å². The lowest BCUT2D eigenvalue weighted by molar-refractivity contribution is 0.640. The third-order valence-corrected chi connectivity index (χ3v) is 3.48. The topological polar surface area (TPSA) is 0 Å². The molecule has 0 radical (unpaired) electrons. The summed E-state index contributed by atoms with van der Waals surface area (Å²) in [6.07, 6.45) is 0. The molecule has 0 aromatic heterocycles. The smallest absolute Gasteiger partial charge is 0.131 e. The number of hydrogen-bond acceptors (Lipinski definition) is 0. The highest BCUT2D eigenvalue weighted by molar-refractivity contribution is 6.35. The van der Waals surface area contributed by atoms with Gasteiger partial charge in [0.2, 0.25) is 0 Å². The lowest BCUT2D eigenvalue weighted by atomic mass is 9.98. The van der Waals surface area contributed by atoms with Gasteiger partial charge < -0.3 is 0 Å². The van der Waals surface area contributed by atoms with Gasteiger partial charge in [0.15, 0.2) is 0 Å². The van der Waals surface area contributed by atoms with Gasteiger partial charge in [-0.3, -0.25) is 0 Å². The molecule has 0 atom stereocenters. The summed E-state index contributed by atoms with van der Waals surface area (Å²) in [7, 11) is 0. The van der Waals surface area contributed by atoms with Gasteiger partial charge in [0.05, 0.1) is 0 Å². The Kier molecular flexibility index (Phi) is 3.17. The van der Waals surface area contributed by atoms with Crippen LogP contribution in [-0.4, -0.2) is 0 Å². The molecule has 3 heteroatoms. The van der Waals surface area contributed by atoms with Gasteiger partial charge in [0.25, 0.3) is 0 Å². The Morgan fingerprint density at radius 2 is 1.37 bits per heavy atom. The molecule has 3 rings (SSSR count). The van der Waals surface area contributed by atoms with Crippen LogP contribution in [-0.2, 0) is 0 Å². The first-order valence-electron chi connectivity index (χ1n) is 5.79. The van der Waals surface area contributed by atoms with Crippen molar-refractivity contribution in [1.82, 2.24) is 0 Å². The van der Waals surface area contributed by atoms with Crippen molar-refractivity contribution in [3.05, 3.63) is 70.5 Å². The largest absolute Gasteiger partial charge is 0.206 e. The van der Waals surface area contributed by atoms with Crippen molar-refractivity contribution in [1.29, 1.82) is 0 Å². The maximum absolute atomic E-state index is 13.8. The molecule has 0 aliphatic heterocycles. The monoisotopic (exact) mass is 290 g/mol. The van der Waals surface area contributed by atoms with Crippen molar-refractivity contribution in [2.45, 2.75) is 0 Å². The van der Waals surface area contributed by atoms with Gasteiger partial charge in [-0.2, -0.15) is 0 Å². The van der Waals surface area contributed by atoms with Gasteiger partial charge in [0.1, 0.15) is 5.82 Å². The van der Waals surface area contributed by atoms with Crippen LogP contribution in [0.2, 0.25) is 10.0 Å². The molecule has 0 aliphatic carbocycles. The number of benzene rings is 3. The summed E-state index contributed by atoms with van der Waals surface area (Å²) in [6, 6.07) is 15.9. The predicted molar refractivity (Wildman–Crippen MR) is 79.4 cm³/mol. The lowest BCUT2D eigenvalue weighted by Gasteiger charge is -2.08. The minimum Gasteiger partial charge on any atom is -0.206 e. The second-order valence-electron chi connectivity index (χ2n) is 4.30. The van der Waals surface area contributed by atoms with Crippen LogP contribution in [0.15, 0.2) is 54.6 Å². The molecular formula is C16H9Cl2F. The van der Waals surface area contributed by atoms with Crippen molar-refractivity contribution in [2.24, 2.45) is 0 Å². The van der Waals surface area contributed by atoms with E-state index in [1.54, 1.807) is 18.2 Å². The van der Waals surface area contributed by atoms with Crippen LogP contribution < -0.4 is 0 Å². The number of hydrogen-bond donors (Lipinski definition) is 0. The van der Waals surface area contributed by atoms with Crippen LogP contribution in [0.5, 0.6) is 0 Å². The van der Waals surface area contributed by atoms with E-state index < -0.39 is 0 Å². The second kappa shape index (κ2) is 4.84. The first-order valence-corrected chi connectivity index (χ1v) is 6.54. The summed E-state index contributed by atoms with van der Waals surface area (Å²) < 4.78 is 13.8. The van der Waals surface area contributed by atoms with Gasteiger partial charge in [0, 0.05) is 15.4 Å². The molecule has 3 aromatic carbocycles. The zero-order valence-corrected chi connectivity index (χ0v) is 11.3. The van der Waals surface area contributed by atoms with E-state index in [1.807, 2.05) is 30.3 Å². The van der Waals surface area contributed by atoms with Crippen LogP contribution in [0.1, 0.15) is 0 Å². The molecule has 0 saturated heterocycles. The molecule has 0 amide bonds. The second-order valence-corrected chi connectivity index (χ2v) is 5.17. The van der Waals surface area contributed by atoms with Gasteiger partial charge in [-0.1, -0.05) is 53.5 Å². The molecule has 94 valence electrons. The minimum atomic E-state index is -0.229. The Morgan fingerprint density at radius 3 is 2.11 bits per heavy atom. The van der Waals surface area contributed by atoms with Crippen LogP contribution in [0.4, 0.5) is 4.39 Å². The van der Waals surface area contributed by atoms with Crippen molar-refractivity contribution in [3.8, 4) is 11.1 Å². The van der Waals surface area contributed by atoms with Gasteiger partial charge in [-0.25, -0.2) is 4.39 Å².